The first-order valence-corrected chi connectivity index (χ1v) is 12.9. The second-order valence-electron chi connectivity index (χ2n) is 8.49. The van der Waals surface area contributed by atoms with E-state index in [0.29, 0.717) is 0 Å². The van der Waals surface area contributed by atoms with Gasteiger partial charge in [0.25, 0.3) is 11.8 Å². The van der Waals surface area contributed by atoms with Gasteiger partial charge in [0.1, 0.15) is 6.61 Å². The monoisotopic (exact) mass is 549 g/mol. The number of amides is 2. The van der Waals surface area contributed by atoms with Crippen LogP contribution in [-0.4, -0.2) is 63.2 Å². The summed E-state index contributed by atoms with van der Waals surface area (Å²) in [6, 6.07) is 5.32. The molecule has 0 radical (unpaired) electrons. The van der Waals surface area contributed by atoms with Crippen molar-refractivity contribution >= 4 is 33.0 Å². The van der Waals surface area contributed by atoms with Gasteiger partial charge < -0.3 is 15.3 Å². The predicted molar refractivity (Wildman–Crippen MR) is 124 cm³/mol. The molecule has 2 heterocycles. The summed E-state index contributed by atoms with van der Waals surface area (Å²) in [6.45, 7) is -0.136. The molecule has 0 bridgehead atoms. The summed E-state index contributed by atoms with van der Waals surface area (Å²) in [6.07, 6.45) is -4.74. The quantitative estimate of drug-likeness (QED) is 0.546. The maximum Gasteiger partial charge on any atom is 0.435 e. The molecule has 1 atom stereocenters. The fourth-order valence-corrected chi connectivity index (χ4v) is 5.05. The summed E-state index contributed by atoms with van der Waals surface area (Å²) in [4.78, 5) is 26.0. The molecule has 1 fully saturated rings. The van der Waals surface area contributed by atoms with Crippen LogP contribution in [0.25, 0.3) is 0 Å². The van der Waals surface area contributed by atoms with Crippen LogP contribution in [0, 0.1) is 6.92 Å². The molecule has 0 spiro atoms. The number of aliphatic hydroxyl groups is 1. The van der Waals surface area contributed by atoms with Crippen molar-refractivity contribution in [1.29, 1.82) is 0 Å². The van der Waals surface area contributed by atoms with Crippen molar-refractivity contribution in [3.05, 3.63) is 41.1 Å². The second kappa shape index (κ2) is 10.7. The largest absolute Gasteiger partial charge is 0.435 e. The van der Waals surface area contributed by atoms with Gasteiger partial charge in [0.15, 0.2) is 11.5 Å². The van der Waals surface area contributed by atoms with Gasteiger partial charge in [0.2, 0.25) is 5.92 Å². The topological polar surface area (TPSA) is 125 Å². The molecule has 2 N–H and O–H groups in total. The number of alkyl halides is 5. The zero-order valence-corrected chi connectivity index (χ0v) is 20.6. The molecule has 1 saturated heterocycles. The molecule has 1 aromatic heterocycles. The fraction of sp³-hybridized carbons (Fsp3) is 0.455. The summed E-state index contributed by atoms with van der Waals surface area (Å²) < 4.78 is 84.6. The fourth-order valence-electron chi connectivity index (χ4n) is 3.83. The summed E-state index contributed by atoms with van der Waals surface area (Å²) in [5, 5.41) is 18.1. The second-order valence-corrected chi connectivity index (χ2v) is 10.8. The molecule has 2 aromatic rings. The van der Waals surface area contributed by atoms with E-state index in [1.807, 2.05) is 0 Å². The highest BCUT2D eigenvalue weighted by Gasteiger charge is 2.39. The molecule has 0 saturated carbocycles. The standard InChI is InChI=1S/C22H24F5N5O4S/c1-13-17(20(35)28-14-5-3-6-15(11-14)37(2,36)31-16(34)12-33)19(30-29-18(13)22(25,26)27)32-9-4-7-21(23,24)8-10-32/h3,5-6,11,33H,4,7-10,12H2,1-2H3,(H,28,35)/t37-/m1/s1. The zero-order chi connectivity index (χ0) is 27.6. The van der Waals surface area contributed by atoms with E-state index in [1.54, 1.807) is 0 Å². The number of carbonyl (C=O) groups excluding carboxylic acids is 2. The Kier molecular flexibility index (Phi) is 8.17. The Morgan fingerprint density at radius 1 is 1.22 bits per heavy atom. The predicted octanol–water partition coefficient (Wildman–Crippen LogP) is 3.66. The maximum absolute atomic E-state index is 13.9. The van der Waals surface area contributed by atoms with Crippen LogP contribution in [0.2, 0.25) is 0 Å². The molecular weight excluding hydrogens is 525 g/mol. The Morgan fingerprint density at radius 3 is 2.57 bits per heavy atom. The molecule has 37 heavy (non-hydrogen) atoms. The van der Waals surface area contributed by atoms with Crippen molar-refractivity contribution < 1.29 is 40.9 Å². The number of hydrogen-bond acceptors (Lipinski definition) is 7. The van der Waals surface area contributed by atoms with Crippen molar-refractivity contribution in [3.63, 3.8) is 0 Å². The van der Waals surface area contributed by atoms with E-state index in [0.717, 1.165) is 13.2 Å². The van der Waals surface area contributed by atoms with Gasteiger partial charge in [0.05, 0.1) is 15.3 Å². The Hall–Kier alpha value is -3.20. The third-order valence-electron chi connectivity index (χ3n) is 5.65. The molecule has 15 heteroatoms. The van der Waals surface area contributed by atoms with Crippen molar-refractivity contribution in [1.82, 2.24) is 10.2 Å². The zero-order valence-electron chi connectivity index (χ0n) is 19.8. The molecule has 202 valence electrons. The molecule has 1 aromatic carbocycles. The molecular formula is C22H24F5N5O4S. The number of halogens is 5. The van der Waals surface area contributed by atoms with E-state index in [2.05, 4.69) is 19.9 Å². The van der Waals surface area contributed by atoms with Gasteiger partial charge in [-0.15, -0.1) is 10.2 Å². The van der Waals surface area contributed by atoms with Crippen LogP contribution in [0.4, 0.5) is 33.5 Å². The number of anilines is 2. The third-order valence-corrected chi connectivity index (χ3v) is 7.33. The normalized spacial score (nSPS) is 17.5. The molecule has 2 amide bonds. The van der Waals surface area contributed by atoms with Gasteiger partial charge in [-0.05, 0) is 37.1 Å². The van der Waals surface area contributed by atoms with Gasteiger partial charge in [-0.25, -0.2) is 13.0 Å². The van der Waals surface area contributed by atoms with Gasteiger partial charge in [0, 0.05) is 42.8 Å². The molecule has 9 nitrogen and oxygen atoms in total. The Labute approximate surface area is 209 Å². The van der Waals surface area contributed by atoms with E-state index in [1.165, 1.54) is 29.2 Å². The highest BCUT2D eigenvalue weighted by atomic mass is 32.2. The Balaban J connectivity index is 2.04. The molecule has 0 aliphatic carbocycles. The first-order valence-electron chi connectivity index (χ1n) is 11.0. The molecule has 1 aliphatic rings. The molecule has 0 unspecified atom stereocenters. The summed E-state index contributed by atoms with van der Waals surface area (Å²) in [7, 11) is -3.31. The van der Waals surface area contributed by atoms with Crippen LogP contribution >= 0.6 is 0 Å². The number of nitrogens with one attached hydrogen (secondary N) is 1. The third kappa shape index (κ3) is 6.77. The average Bonchev–Trinajstić information content (AvgIpc) is 2.98. The van der Waals surface area contributed by atoms with Crippen molar-refractivity contribution in [3.8, 4) is 0 Å². The van der Waals surface area contributed by atoms with Crippen LogP contribution < -0.4 is 10.2 Å². The van der Waals surface area contributed by atoms with Crippen LogP contribution in [-0.2, 0) is 20.7 Å². The van der Waals surface area contributed by atoms with Crippen molar-refractivity contribution in [2.24, 2.45) is 4.36 Å². The van der Waals surface area contributed by atoms with Gasteiger partial charge >= 0.3 is 6.18 Å². The highest BCUT2D eigenvalue weighted by molar-refractivity contribution is 7.93. The SMILES string of the molecule is Cc1c(C(F)(F)F)nnc(N2CCCC(F)(F)CC2)c1C(=O)Nc1cccc([S@@](C)(=O)=NC(=O)CO)c1. The minimum Gasteiger partial charge on any atom is -0.386 e. The van der Waals surface area contributed by atoms with Gasteiger partial charge in [-0.1, -0.05) is 6.07 Å². The lowest BCUT2D eigenvalue weighted by Gasteiger charge is -2.25. The van der Waals surface area contributed by atoms with Crippen LogP contribution in [0.1, 0.15) is 40.9 Å². The van der Waals surface area contributed by atoms with Crippen LogP contribution in [0.3, 0.4) is 0 Å². The summed E-state index contributed by atoms with van der Waals surface area (Å²) >= 11 is 0. The van der Waals surface area contributed by atoms with E-state index in [-0.39, 0.29) is 35.9 Å². The minimum absolute atomic E-state index is 0.0156. The summed E-state index contributed by atoms with van der Waals surface area (Å²) in [5.41, 5.74) is -2.41. The lowest BCUT2D eigenvalue weighted by molar-refractivity contribution is -0.142. The smallest absolute Gasteiger partial charge is 0.386 e. The average molecular weight is 550 g/mol. The maximum atomic E-state index is 13.9. The van der Waals surface area contributed by atoms with Gasteiger partial charge in [-0.3, -0.25) is 9.59 Å². The number of aliphatic hydroxyl groups excluding tert-OH is 1. The van der Waals surface area contributed by atoms with E-state index in [9.17, 15) is 35.8 Å². The first kappa shape index (κ1) is 28.4. The Bertz CT molecular complexity index is 1330. The number of benzene rings is 1. The van der Waals surface area contributed by atoms with E-state index in [4.69, 9.17) is 5.11 Å². The van der Waals surface area contributed by atoms with Crippen LogP contribution in [0.5, 0.6) is 0 Å². The number of nitrogens with zero attached hydrogens (tertiary/aromatic N) is 4. The summed E-state index contributed by atoms with van der Waals surface area (Å²) in [5.74, 6) is -5.26. The lowest BCUT2D eigenvalue weighted by atomic mass is 10.1. The number of rotatable bonds is 5. The van der Waals surface area contributed by atoms with Crippen LogP contribution in [0.15, 0.2) is 33.5 Å². The number of aromatic nitrogens is 2. The first-order chi connectivity index (χ1) is 17.1. The van der Waals surface area contributed by atoms with Crippen molar-refractivity contribution in [2.75, 3.05) is 36.2 Å². The van der Waals surface area contributed by atoms with E-state index >= 15 is 0 Å². The minimum atomic E-state index is -4.93. The number of hydrogen-bond donors (Lipinski definition) is 2. The lowest BCUT2D eigenvalue weighted by Crippen LogP contribution is -2.31. The molecule has 1 aliphatic heterocycles. The van der Waals surface area contributed by atoms with Crippen molar-refractivity contribution in [2.45, 2.75) is 43.2 Å². The Morgan fingerprint density at radius 2 is 1.92 bits per heavy atom. The van der Waals surface area contributed by atoms with Gasteiger partial charge in [-0.2, -0.15) is 17.5 Å². The highest BCUT2D eigenvalue weighted by Crippen LogP contribution is 2.36. The number of carbonyl (C=O) groups is 2. The van der Waals surface area contributed by atoms with E-state index < -0.39 is 69.9 Å². The molecule has 3 rings (SSSR count).